The zero-order valence-corrected chi connectivity index (χ0v) is 18.9. The summed E-state index contributed by atoms with van der Waals surface area (Å²) in [7, 11) is 4.87. The second-order valence-corrected chi connectivity index (χ2v) is 8.15. The minimum absolute atomic E-state index is 0.127. The van der Waals surface area contributed by atoms with Crippen LogP contribution < -0.4 is 25.4 Å². The van der Waals surface area contributed by atoms with Crippen LogP contribution in [-0.4, -0.2) is 69.1 Å². The molecule has 2 aromatic carbocycles. The second-order valence-electron chi connectivity index (χ2n) is 8.15. The zero-order chi connectivity index (χ0) is 23.5. The van der Waals surface area contributed by atoms with Crippen molar-refractivity contribution in [3.63, 3.8) is 0 Å². The van der Waals surface area contributed by atoms with E-state index in [9.17, 15) is 14.4 Å². The van der Waals surface area contributed by atoms with Crippen LogP contribution in [-0.2, 0) is 9.59 Å². The van der Waals surface area contributed by atoms with Gasteiger partial charge in [-0.1, -0.05) is 6.07 Å². The first-order valence-electron chi connectivity index (χ1n) is 10.9. The minimum atomic E-state index is -0.641. The van der Waals surface area contributed by atoms with Gasteiger partial charge in [-0.05, 0) is 49.7 Å². The number of nitrogens with one attached hydrogen (secondary N) is 3. The molecule has 9 heteroatoms. The molecule has 3 N–H and O–H groups in total. The number of amides is 3. The Balaban J connectivity index is 1.62. The molecule has 9 nitrogen and oxygen atoms in total. The fraction of sp³-hybridized carbons (Fsp3) is 0.375. The van der Waals surface area contributed by atoms with Crippen LogP contribution in [0.15, 0.2) is 36.4 Å². The molecule has 1 fully saturated rings. The van der Waals surface area contributed by atoms with Crippen molar-refractivity contribution in [2.75, 3.05) is 39.7 Å². The Bertz CT molecular complexity index is 1090. The molecular weight excluding hydrogens is 424 g/mol. The van der Waals surface area contributed by atoms with E-state index in [0.717, 1.165) is 11.1 Å². The van der Waals surface area contributed by atoms with Crippen LogP contribution in [0, 0.1) is 0 Å². The third kappa shape index (κ3) is 4.49. The molecule has 0 bridgehead atoms. The molecule has 0 radical (unpaired) electrons. The number of anilines is 1. The average molecular weight is 453 g/mol. The lowest BCUT2D eigenvalue weighted by molar-refractivity contribution is -0.124. The van der Waals surface area contributed by atoms with Crippen molar-refractivity contribution in [2.24, 2.45) is 0 Å². The quantitative estimate of drug-likeness (QED) is 0.615. The van der Waals surface area contributed by atoms with Gasteiger partial charge >= 0.3 is 0 Å². The van der Waals surface area contributed by atoms with Gasteiger partial charge < -0.3 is 30.3 Å². The highest BCUT2D eigenvalue weighted by atomic mass is 16.5. The predicted molar refractivity (Wildman–Crippen MR) is 124 cm³/mol. The highest BCUT2D eigenvalue weighted by Gasteiger charge is 2.40. The maximum absolute atomic E-state index is 13.5. The monoisotopic (exact) mass is 452 g/mol. The first kappa shape index (κ1) is 22.6. The summed E-state index contributed by atoms with van der Waals surface area (Å²) < 4.78 is 10.8. The molecule has 4 rings (SSSR count). The van der Waals surface area contributed by atoms with Gasteiger partial charge in [0.25, 0.3) is 5.91 Å². The van der Waals surface area contributed by atoms with E-state index in [2.05, 4.69) is 16.0 Å². The Labute approximate surface area is 192 Å². The zero-order valence-electron chi connectivity index (χ0n) is 18.9. The minimum Gasteiger partial charge on any atom is -0.497 e. The molecule has 174 valence electrons. The molecule has 3 amide bonds. The highest BCUT2D eigenvalue weighted by molar-refractivity contribution is 6.10. The summed E-state index contributed by atoms with van der Waals surface area (Å²) in [5.74, 6) is 0.710. The van der Waals surface area contributed by atoms with Crippen LogP contribution in [0.3, 0.4) is 0 Å². The number of carbonyl (C=O) groups excluding carboxylic acids is 3. The molecule has 0 saturated carbocycles. The smallest absolute Gasteiger partial charge is 0.256 e. The number of nitrogens with zero attached hydrogens (tertiary/aromatic N) is 1. The molecule has 2 aliphatic heterocycles. The van der Waals surface area contributed by atoms with Crippen LogP contribution in [0.1, 0.15) is 23.2 Å². The molecular formula is C24H28N4O5. The number of carbonyl (C=O) groups is 3. The van der Waals surface area contributed by atoms with E-state index in [4.69, 9.17) is 9.47 Å². The normalized spacial score (nSPS) is 19.7. The lowest BCUT2D eigenvalue weighted by Gasteiger charge is -2.37. The third-order valence-corrected chi connectivity index (χ3v) is 6.10. The van der Waals surface area contributed by atoms with Gasteiger partial charge in [0.2, 0.25) is 11.8 Å². The van der Waals surface area contributed by atoms with Gasteiger partial charge in [-0.2, -0.15) is 0 Å². The summed E-state index contributed by atoms with van der Waals surface area (Å²) in [6, 6.07) is 10.1. The number of likely N-dealkylation sites (N-methyl/N-ethyl adjacent to an activating group) is 1. The molecule has 2 aromatic rings. The summed E-state index contributed by atoms with van der Waals surface area (Å²) in [6.45, 7) is 0.593. The van der Waals surface area contributed by atoms with Gasteiger partial charge in [0, 0.05) is 24.2 Å². The van der Waals surface area contributed by atoms with Crippen molar-refractivity contribution in [3.05, 3.63) is 42.0 Å². The number of hydrogen-bond acceptors (Lipinski definition) is 6. The van der Waals surface area contributed by atoms with Gasteiger partial charge in [0.1, 0.15) is 17.5 Å². The molecule has 1 saturated heterocycles. The summed E-state index contributed by atoms with van der Waals surface area (Å²) in [5.41, 5.74) is 2.51. The Morgan fingerprint density at radius 3 is 2.67 bits per heavy atom. The van der Waals surface area contributed by atoms with Gasteiger partial charge in [0.05, 0.1) is 32.0 Å². The van der Waals surface area contributed by atoms with Crippen molar-refractivity contribution in [3.8, 4) is 22.6 Å². The number of methoxy groups -OCH3 is 2. The van der Waals surface area contributed by atoms with Gasteiger partial charge in [-0.3, -0.25) is 14.4 Å². The fourth-order valence-electron chi connectivity index (χ4n) is 4.43. The summed E-state index contributed by atoms with van der Waals surface area (Å²) in [5, 5.41) is 8.65. The van der Waals surface area contributed by atoms with Crippen LogP contribution in [0.25, 0.3) is 11.1 Å². The number of piperidine rings is 1. The molecule has 2 atom stereocenters. The number of hydrogen-bond donors (Lipinski definition) is 3. The first-order valence-corrected chi connectivity index (χ1v) is 10.9. The Kier molecular flexibility index (Phi) is 6.50. The number of ether oxygens (including phenoxy) is 2. The Morgan fingerprint density at radius 1 is 1.12 bits per heavy atom. The van der Waals surface area contributed by atoms with E-state index in [1.54, 1.807) is 44.4 Å². The van der Waals surface area contributed by atoms with Crippen molar-refractivity contribution < 1.29 is 23.9 Å². The van der Waals surface area contributed by atoms with E-state index in [0.29, 0.717) is 42.1 Å². The SMILES string of the molecule is CNCC(=O)NC1CCN2C(=O)c3cc(-c4ccc(OC)cc4OC)ccc3NC(=O)C2C1. The molecule has 2 unspecified atom stereocenters. The van der Waals surface area contributed by atoms with Crippen LogP contribution >= 0.6 is 0 Å². The third-order valence-electron chi connectivity index (χ3n) is 6.10. The Hall–Kier alpha value is -3.59. The van der Waals surface area contributed by atoms with E-state index in [1.165, 1.54) is 0 Å². The highest BCUT2D eigenvalue weighted by Crippen LogP contribution is 2.36. The topological polar surface area (TPSA) is 109 Å². The summed E-state index contributed by atoms with van der Waals surface area (Å²) in [6.07, 6.45) is 0.965. The molecule has 2 aliphatic rings. The second kappa shape index (κ2) is 9.50. The molecule has 0 spiro atoms. The standard InChI is InChI=1S/C24H28N4O5/c1-25-13-22(29)26-15-8-9-28-20(11-15)23(30)27-19-7-4-14(10-18(19)24(28)31)17-6-5-16(32-2)12-21(17)33-3/h4-7,10,12,15,20,25H,8-9,11,13H2,1-3H3,(H,26,29)(H,27,30). The van der Waals surface area contributed by atoms with Crippen LogP contribution in [0.2, 0.25) is 0 Å². The summed E-state index contributed by atoms with van der Waals surface area (Å²) >= 11 is 0. The molecule has 0 aromatic heterocycles. The van der Waals surface area contributed by atoms with E-state index in [-0.39, 0.29) is 30.3 Å². The van der Waals surface area contributed by atoms with Crippen LogP contribution in [0.5, 0.6) is 11.5 Å². The lowest BCUT2D eigenvalue weighted by atomic mass is 9.95. The van der Waals surface area contributed by atoms with Gasteiger partial charge in [-0.15, -0.1) is 0 Å². The number of fused-ring (bicyclic) bond motifs is 2. The van der Waals surface area contributed by atoms with E-state index >= 15 is 0 Å². The molecule has 2 heterocycles. The number of benzene rings is 2. The fourth-order valence-corrected chi connectivity index (χ4v) is 4.43. The maximum Gasteiger partial charge on any atom is 0.256 e. The van der Waals surface area contributed by atoms with E-state index < -0.39 is 6.04 Å². The Morgan fingerprint density at radius 2 is 1.94 bits per heavy atom. The van der Waals surface area contributed by atoms with Crippen molar-refractivity contribution in [2.45, 2.75) is 24.9 Å². The number of rotatable bonds is 6. The molecule has 33 heavy (non-hydrogen) atoms. The lowest BCUT2D eigenvalue weighted by Crippen LogP contribution is -2.55. The van der Waals surface area contributed by atoms with Crippen molar-refractivity contribution in [1.82, 2.24) is 15.5 Å². The van der Waals surface area contributed by atoms with E-state index in [1.807, 2.05) is 18.2 Å². The first-order chi connectivity index (χ1) is 15.9. The van der Waals surface area contributed by atoms with Gasteiger partial charge in [0.15, 0.2) is 0 Å². The van der Waals surface area contributed by atoms with Crippen molar-refractivity contribution in [1.29, 1.82) is 0 Å². The maximum atomic E-state index is 13.5. The largest absolute Gasteiger partial charge is 0.497 e. The summed E-state index contributed by atoms with van der Waals surface area (Å²) in [4.78, 5) is 40.0. The van der Waals surface area contributed by atoms with Gasteiger partial charge in [-0.25, -0.2) is 0 Å². The van der Waals surface area contributed by atoms with Crippen molar-refractivity contribution >= 4 is 23.4 Å². The average Bonchev–Trinajstić information content (AvgIpc) is 2.92. The van der Waals surface area contributed by atoms with Crippen LogP contribution in [0.4, 0.5) is 5.69 Å². The predicted octanol–water partition coefficient (Wildman–Crippen LogP) is 1.63. The molecule has 0 aliphatic carbocycles.